The number of nitrogens with zero attached hydrogens (tertiary/aromatic N) is 1. The van der Waals surface area contributed by atoms with E-state index in [-0.39, 0.29) is 17.0 Å². The van der Waals surface area contributed by atoms with E-state index in [0.717, 1.165) is 6.07 Å². The number of aliphatic hydroxyl groups is 1. The van der Waals surface area contributed by atoms with Crippen molar-refractivity contribution in [1.82, 2.24) is 0 Å². The Morgan fingerprint density at radius 3 is 2.71 bits per heavy atom. The summed E-state index contributed by atoms with van der Waals surface area (Å²) < 4.78 is 4.88. The van der Waals surface area contributed by atoms with Gasteiger partial charge < -0.3 is 14.9 Å². The highest BCUT2D eigenvalue weighted by Gasteiger charge is 2.19. The molecular weight excluding hydrogens is 230 g/mol. The third-order valence-electron chi connectivity index (χ3n) is 2.15. The summed E-state index contributed by atoms with van der Waals surface area (Å²) in [6.07, 6.45) is -1.75. The summed E-state index contributed by atoms with van der Waals surface area (Å²) in [7, 11) is 1.29. The van der Waals surface area contributed by atoms with Crippen LogP contribution in [0.25, 0.3) is 0 Å². The molecule has 0 amide bonds. The van der Waals surface area contributed by atoms with Gasteiger partial charge in [-0.2, -0.15) is 0 Å². The maximum Gasteiger partial charge on any atom is 0.306 e. The molecule has 7 heteroatoms. The van der Waals surface area contributed by atoms with E-state index in [2.05, 4.69) is 0 Å². The Morgan fingerprint density at radius 2 is 2.24 bits per heavy atom. The number of carboxylic acid groups (broad SMARTS) is 1. The number of non-ortho nitro benzene ring substituents is 1. The van der Waals surface area contributed by atoms with Gasteiger partial charge in [-0.1, -0.05) is 0 Å². The lowest BCUT2D eigenvalue weighted by Crippen LogP contribution is -2.07. The number of ether oxygens (including phenoxy) is 1. The molecule has 7 nitrogen and oxygen atoms in total. The second-order valence-electron chi connectivity index (χ2n) is 3.30. The Balaban J connectivity index is 3.07. The standard InChI is InChI=1S/C10H11NO6/c1-17-9-4-6(11(15)16)2-3-7(9)8(12)5-10(13)14/h2-4,8,12H,5H2,1H3,(H,13,14). The van der Waals surface area contributed by atoms with E-state index < -0.39 is 23.4 Å². The molecule has 1 atom stereocenters. The molecule has 0 heterocycles. The van der Waals surface area contributed by atoms with Crippen LogP contribution in [0.5, 0.6) is 5.75 Å². The molecule has 1 aromatic carbocycles. The average molecular weight is 241 g/mol. The number of carboxylic acids is 1. The van der Waals surface area contributed by atoms with Crippen LogP contribution in [0.3, 0.4) is 0 Å². The van der Waals surface area contributed by atoms with Crippen molar-refractivity contribution in [2.45, 2.75) is 12.5 Å². The smallest absolute Gasteiger partial charge is 0.306 e. The summed E-state index contributed by atoms with van der Waals surface area (Å²) in [4.78, 5) is 20.4. The van der Waals surface area contributed by atoms with Crippen LogP contribution < -0.4 is 4.74 Å². The molecule has 0 aliphatic rings. The van der Waals surface area contributed by atoms with Crippen molar-refractivity contribution in [3.63, 3.8) is 0 Å². The molecular formula is C10H11NO6. The van der Waals surface area contributed by atoms with E-state index >= 15 is 0 Å². The largest absolute Gasteiger partial charge is 0.496 e. The minimum absolute atomic E-state index is 0.0907. The van der Waals surface area contributed by atoms with Gasteiger partial charge in [0, 0.05) is 11.6 Å². The molecule has 0 saturated carbocycles. The number of benzene rings is 1. The van der Waals surface area contributed by atoms with E-state index in [9.17, 15) is 20.0 Å². The third-order valence-corrected chi connectivity index (χ3v) is 2.15. The minimum Gasteiger partial charge on any atom is -0.496 e. The molecule has 0 aliphatic carbocycles. The van der Waals surface area contributed by atoms with E-state index in [0.29, 0.717) is 0 Å². The summed E-state index contributed by atoms with van der Waals surface area (Å²) in [5.41, 5.74) is 0.0219. The van der Waals surface area contributed by atoms with Crippen LogP contribution in [0.4, 0.5) is 5.69 Å². The molecule has 0 fully saturated rings. The lowest BCUT2D eigenvalue weighted by molar-refractivity contribution is -0.384. The first-order valence-corrected chi connectivity index (χ1v) is 4.68. The maximum absolute atomic E-state index is 10.5. The van der Waals surface area contributed by atoms with Crippen LogP contribution >= 0.6 is 0 Å². The van der Waals surface area contributed by atoms with Gasteiger partial charge in [-0.15, -0.1) is 0 Å². The first kappa shape index (κ1) is 12.9. The molecule has 0 radical (unpaired) electrons. The molecule has 0 saturated heterocycles. The molecule has 0 aliphatic heterocycles. The number of carbonyl (C=O) groups is 1. The fraction of sp³-hybridized carbons (Fsp3) is 0.300. The molecule has 0 aromatic heterocycles. The minimum atomic E-state index is -1.26. The van der Waals surface area contributed by atoms with Gasteiger partial charge in [0.05, 0.1) is 30.6 Å². The Labute approximate surface area is 96.4 Å². The first-order chi connectivity index (χ1) is 7.95. The zero-order valence-corrected chi connectivity index (χ0v) is 8.99. The summed E-state index contributed by atoms with van der Waals surface area (Å²) in [6, 6.07) is 3.61. The van der Waals surface area contributed by atoms with Gasteiger partial charge in [-0.05, 0) is 6.07 Å². The highest BCUT2D eigenvalue weighted by Crippen LogP contribution is 2.30. The molecule has 92 valence electrons. The van der Waals surface area contributed by atoms with E-state index in [4.69, 9.17) is 9.84 Å². The molecule has 0 spiro atoms. The maximum atomic E-state index is 10.5. The number of aliphatic hydroxyl groups excluding tert-OH is 1. The number of aliphatic carboxylic acids is 1. The second kappa shape index (κ2) is 5.26. The van der Waals surface area contributed by atoms with Crippen molar-refractivity contribution < 1.29 is 24.7 Å². The molecule has 1 unspecified atom stereocenters. The van der Waals surface area contributed by atoms with Crippen LogP contribution in [0.1, 0.15) is 18.1 Å². The van der Waals surface area contributed by atoms with Crippen molar-refractivity contribution in [1.29, 1.82) is 0 Å². The van der Waals surface area contributed by atoms with Gasteiger partial charge in [0.25, 0.3) is 5.69 Å². The number of rotatable bonds is 5. The molecule has 1 rings (SSSR count). The highest BCUT2D eigenvalue weighted by atomic mass is 16.6. The number of methoxy groups -OCH3 is 1. The lowest BCUT2D eigenvalue weighted by atomic mass is 10.0. The van der Waals surface area contributed by atoms with E-state index in [1.54, 1.807) is 0 Å². The number of nitro benzene ring substituents is 1. The quantitative estimate of drug-likeness (QED) is 0.590. The van der Waals surface area contributed by atoms with Gasteiger partial charge in [-0.3, -0.25) is 14.9 Å². The second-order valence-corrected chi connectivity index (χ2v) is 3.30. The van der Waals surface area contributed by atoms with Crippen LogP contribution in [0, 0.1) is 10.1 Å². The third kappa shape index (κ3) is 3.15. The normalized spacial score (nSPS) is 11.9. The van der Waals surface area contributed by atoms with Crippen molar-refractivity contribution in [3.05, 3.63) is 33.9 Å². The SMILES string of the molecule is COc1cc([N+](=O)[O-])ccc1C(O)CC(=O)O. The van der Waals surface area contributed by atoms with Gasteiger partial charge in [-0.25, -0.2) is 0 Å². The zero-order chi connectivity index (χ0) is 13.0. The summed E-state index contributed by atoms with van der Waals surface area (Å²) >= 11 is 0. The van der Waals surface area contributed by atoms with Crippen LogP contribution in [0.15, 0.2) is 18.2 Å². The first-order valence-electron chi connectivity index (χ1n) is 4.68. The fourth-order valence-electron chi connectivity index (χ4n) is 1.36. The predicted molar refractivity (Wildman–Crippen MR) is 56.9 cm³/mol. The van der Waals surface area contributed by atoms with Gasteiger partial charge >= 0.3 is 5.97 Å². The predicted octanol–water partition coefficient (Wildman–Crippen LogP) is 1.11. The van der Waals surface area contributed by atoms with Crippen LogP contribution in [0.2, 0.25) is 0 Å². The topological polar surface area (TPSA) is 110 Å². The van der Waals surface area contributed by atoms with E-state index in [1.165, 1.54) is 19.2 Å². The molecule has 1 aromatic rings. The Hall–Kier alpha value is -2.15. The summed E-state index contributed by atoms with van der Waals surface area (Å²) in [5, 5.41) is 28.7. The number of nitro groups is 1. The van der Waals surface area contributed by atoms with Gasteiger partial charge in [0.15, 0.2) is 0 Å². The van der Waals surface area contributed by atoms with Crippen molar-refractivity contribution >= 4 is 11.7 Å². The van der Waals surface area contributed by atoms with Crippen molar-refractivity contribution in [3.8, 4) is 5.75 Å². The van der Waals surface area contributed by atoms with Crippen molar-refractivity contribution in [2.75, 3.05) is 7.11 Å². The van der Waals surface area contributed by atoms with Crippen LogP contribution in [-0.4, -0.2) is 28.2 Å². The Kier molecular flexibility index (Phi) is 4.00. The monoisotopic (exact) mass is 241 g/mol. The number of hydrogen-bond donors (Lipinski definition) is 2. The van der Waals surface area contributed by atoms with Crippen LogP contribution in [-0.2, 0) is 4.79 Å². The lowest BCUT2D eigenvalue weighted by Gasteiger charge is -2.12. The molecule has 0 bridgehead atoms. The van der Waals surface area contributed by atoms with Gasteiger partial charge in [0.1, 0.15) is 5.75 Å². The van der Waals surface area contributed by atoms with Crippen molar-refractivity contribution in [2.24, 2.45) is 0 Å². The molecule has 17 heavy (non-hydrogen) atoms. The highest BCUT2D eigenvalue weighted by molar-refractivity contribution is 5.68. The Bertz CT molecular complexity index is 444. The summed E-state index contributed by atoms with van der Waals surface area (Å²) in [6.45, 7) is 0. The molecule has 2 N–H and O–H groups in total. The van der Waals surface area contributed by atoms with Gasteiger partial charge in [0.2, 0.25) is 0 Å². The summed E-state index contributed by atoms with van der Waals surface area (Å²) in [5.74, 6) is -1.08. The number of hydrogen-bond acceptors (Lipinski definition) is 5. The fourth-order valence-corrected chi connectivity index (χ4v) is 1.36. The average Bonchev–Trinajstić information content (AvgIpc) is 2.27. The van der Waals surface area contributed by atoms with E-state index in [1.807, 2.05) is 0 Å². The zero-order valence-electron chi connectivity index (χ0n) is 8.99. The Morgan fingerprint density at radius 1 is 1.59 bits per heavy atom.